The molecule has 1 saturated heterocycles. The van der Waals surface area contributed by atoms with Crippen LogP contribution in [-0.4, -0.2) is 45.6 Å². The van der Waals surface area contributed by atoms with E-state index in [9.17, 15) is 8.42 Å². The molecule has 1 saturated carbocycles. The number of imidazole rings is 1. The van der Waals surface area contributed by atoms with Crippen LogP contribution in [0.1, 0.15) is 49.9 Å². The van der Waals surface area contributed by atoms with E-state index in [1.807, 2.05) is 0 Å². The average Bonchev–Trinajstić information content (AvgIpc) is 3.14. The lowest BCUT2D eigenvalue weighted by Gasteiger charge is -2.31. The molecule has 9 nitrogen and oxygen atoms in total. The molecule has 1 unspecified atom stereocenters. The second kappa shape index (κ2) is 7.09. The van der Waals surface area contributed by atoms with Crippen LogP contribution in [-0.2, 0) is 28.4 Å². The number of hydrogen-bond acceptors (Lipinski definition) is 7. The van der Waals surface area contributed by atoms with Crippen LogP contribution in [0.15, 0.2) is 22.1 Å². The lowest BCUT2D eigenvalue weighted by molar-refractivity contribution is 0.0894. The summed E-state index contributed by atoms with van der Waals surface area (Å²) in [6.45, 7) is 1.40. The predicted octanol–water partition coefficient (Wildman–Crippen LogP) is 1.65. The average molecular weight is 381 g/mol. The summed E-state index contributed by atoms with van der Waals surface area (Å²) in [5.74, 6) is 1.45. The van der Waals surface area contributed by atoms with Crippen LogP contribution in [0.25, 0.3) is 0 Å². The summed E-state index contributed by atoms with van der Waals surface area (Å²) in [6, 6.07) is -0.434. The lowest BCUT2D eigenvalue weighted by atomic mass is 10.0. The van der Waals surface area contributed by atoms with E-state index in [2.05, 4.69) is 15.1 Å². The summed E-state index contributed by atoms with van der Waals surface area (Å²) in [5.41, 5.74) is 0. The zero-order valence-corrected chi connectivity index (χ0v) is 15.6. The third-order valence-electron chi connectivity index (χ3n) is 4.77. The van der Waals surface area contributed by atoms with E-state index < -0.39 is 16.1 Å². The fourth-order valence-corrected chi connectivity index (χ4v) is 4.78. The number of ether oxygens (including phenoxy) is 1. The summed E-state index contributed by atoms with van der Waals surface area (Å²) in [6.07, 6.45) is 7.81. The molecule has 0 spiro atoms. The largest absolute Gasteiger partial charge is 0.371 e. The van der Waals surface area contributed by atoms with Crippen molar-refractivity contribution >= 4 is 10.0 Å². The van der Waals surface area contributed by atoms with Gasteiger partial charge in [-0.3, -0.25) is 0 Å². The van der Waals surface area contributed by atoms with Gasteiger partial charge in [-0.2, -0.15) is 9.29 Å². The van der Waals surface area contributed by atoms with Crippen molar-refractivity contribution in [3.05, 3.63) is 24.2 Å². The summed E-state index contributed by atoms with van der Waals surface area (Å²) in [5, 5.41) is 4.06. The molecule has 2 aliphatic rings. The van der Waals surface area contributed by atoms with Crippen molar-refractivity contribution in [2.75, 3.05) is 13.2 Å². The molecule has 3 heterocycles. The zero-order chi connectivity index (χ0) is 18.1. The number of aryl methyl sites for hydroxylation is 1. The molecule has 4 rings (SSSR count). The molecule has 1 atom stereocenters. The van der Waals surface area contributed by atoms with Gasteiger partial charge in [-0.1, -0.05) is 11.6 Å². The maximum Gasteiger partial charge on any atom is 0.262 e. The highest BCUT2D eigenvalue weighted by Gasteiger charge is 2.38. The van der Waals surface area contributed by atoms with Gasteiger partial charge in [0.2, 0.25) is 0 Å². The van der Waals surface area contributed by atoms with Crippen LogP contribution in [0.3, 0.4) is 0 Å². The fraction of sp³-hybridized carbons (Fsp3) is 0.688. The van der Waals surface area contributed by atoms with Gasteiger partial charge in [0.1, 0.15) is 6.61 Å². The molecule has 0 radical (unpaired) electrons. The Balaban J connectivity index is 1.51. The quantitative estimate of drug-likeness (QED) is 0.718. The zero-order valence-electron chi connectivity index (χ0n) is 14.7. The van der Waals surface area contributed by atoms with Crippen LogP contribution in [0.4, 0.5) is 0 Å². The van der Waals surface area contributed by atoms with Crippen molar-refractivity contribution < 1.29 is 17.7 Å². The number of aromatic nitrogens is 4. The minimum Gasteiger partial charge on any atom is -0.371 e. The van der Waals surface area contributed by atoms with Crippen LogP contribution < -0.4 is 0 Å². The third kappa shape index (κ3) is 3.67. The van der Waals surface area contributed by atoms with E-state index in [1.165, 1.54) is 29.7 Å². The summed E-state index contributed by atoms with van der Waals surface area (Å²) >= 11 is 0. The van der Waals surface area contributed by atoms with Gasteiger partial charge < -0.3 is 13.8 Å². The van der Waals surface area contributed by atoms with E-state index in [1.54, 1.807) is 11.6 Å². The first kappa shape index (κ1) is 17.6. The minimum atomic E-state index is -3.70. The summed E-state index contributed by atoms with van der Waals surface area (Å²) in [7, 11) is -1.96. The van der Waals surface area contributed by atoms with Gasteiger partial charge in [0.25, 0.3) is 15.9 Å². The second-order valence-corrected chi connectivity index (χ2v) is 8.85. The Morgan fingerprint density at radius 3 is 2.88 bits per heavy atom. The maximum absolute atomic E-state index is 13.0. The second-order valence-electron chi connectivity index (χ2n) is 7.01. The van der Waals surface area contributed by atoms with E-state index in [0.717, 1.165) is 12.8 Å². The molecular formula is C16H23N5O4S. The van der Waals surface area contributed by atoms with Gasteiger partial charge in [0.15, 0.2) is 10.9 Å². The molecule has 10 heteroatoms. The number of hydrogen-bond donors (Lipinski definition) is 0. The number of rotatable bonds is 7. The van der Waals surface area contributed by atoms with E-state index in [-0.39, 0.29) is 11.6 Å². The minimum absolute atomic E-state index is 0.0448. The van der Waals surface area contributed by atoms with Crippen molar-refractivity contribution in [3.8, 4) is 0 Å². The van der Waals surface area contributed by atoms with Gasteiger partial charge in [-0.05, 0) is 31.6 Å². The van der Waals surface area contributed by atoms with Crippen LogP contribution in [0, 0.1) is 5.92 Å². The van der Waals surface area contributed by atoms with Gasteiger partial charge >= 0.3 is 0 Å². The summed E-state index contributed by atoms with van der Waals surface area (Å²) in [4.78, 5) is 8.39. The van der Waals surface area contributed by atoms with Gasteiger partial charge in [0.05, 0.1) is 19.0 Å². The Labute approximate surface area is 152 Å². The standard InChI is InChI=1S/C16H23N5O4S/c1-20-8-15(17-11-20)26(22,23)21-7-3-2-4-13(21)16-18-14(25-19-16)10-24-9-12-5-6-12/h8,11-13H,2-7,9-10H2,1H3. The molecule has 2 aromatic rings. The van der Waals surface area contributed by atoms with Crippen molar-refractivity contribution in [2.24, 2.45) is 13.0 Å². The van der Waals surface area contributed by atoms with E-state index in [0.29, 0.717) is 37.2 Å². The molecule has 1 aliphatic heterocycles. The van der Waals surface area contributed by atoms with Gasteiger partial charge in [-0.15, -0.1) is 0 Å². The van der Waals surface area contributed by atoms with E-state index in [4.69, 9.17) is 9.26 Å². The molecule has 1 aliphatic carbocycles. The first-order chi connectivity index (χ1) is 12.5. The molecule has 0 aromatic carbocycles. The number of piperidine rings is 1. The number of sulfonamides is 1. The maximum atomic E-state index is 13.0. The monoisotopic (exact) mass is 381 g/mol. The van der Waals surface area contributed by atoms with E-state index >= 15 is 0 Å². The van der Waals surface area contributed by atoms with Crippen molar-refractivity contribution in [3.63, 3.8) is 0 Å². The molecule has 142 valence electrons. The highest BCUT2D eigenvalue weighted by atomic mass is 32.2. The highest BCUT2D eigenvalue weighted by molar-refractivity contribution is 7.89. The Hall–Kier alpha value is -1.78. The molecule has 2 fully saturated rings. The molecule has 0 bridgehead atoms. The van der Waals surface area contributed by atoms with Crippen molar-refractivity contribution in [1.82, 2.24) is 24.0 Å². The summed E-state index contributed by atoms with van der Waals surface area (Å²) < 4.78 is 39.9. The Kier molecular flexibility index (Phi) is 4.80. The lowest BCUT2D eigenvalue weighted by Crippen LogP contribution is -2.39. The Morgan fingerprint density at radius 2 is 2.15 bits per heavy atom. The highest BCUT2D eigenvalue weighted by Crippen LogP contribution is 2.34. The molecule has 26 heavy (non-hydrogen) atoms. The van der Waals surface area contributed by atoms with Crippen molar-refractivity contribution in [2.45, 2.75) is 49.8 Å². The van der Waals surface area contributed by atoms with Gasteiger partial charge in [0, 0.05) is 19.8 Å². The predicted molar refractivity (Wildman–Crippen MR) is 90.4 cm³/mol. The SMILES string of the molecule is Cn1cnc(S(=O)(=O)N2CCCCC2c2noc(COCC3CC3)n2)c1. The van der Waals surface area contributed by atoms with Crippen LogP contribution in [0.2, 0.25) is 0 Å². The fourth-order valence-electron chi connectivity index (χ4n) is 3.15. The van der Waals surface area contributed by atoms with Gasteiger partial charge in [-0.25, -0.2) is 13.4 Å². The third-order valence-corrected chi connectivity index (χ3v) is 6.56. The normalized spacial score (nSPS) is 22.0. The molecule has 0 amide bonds. The first-order valence-corrected chi connectivity index (χ1v) is 10.4. The van der Waals surface area contributed by atoms with Crippen LogP contribution in [0.5, 0.6) is 0 Å². The molecular weight excluding hydrogens is 358 g/mol. The topological polar surface area (TPSA) is 103 Å². The Morgan fingerprint density at radius 1 is 1.31 bits per heavy atom. The smallest absolute Gasteiger partial charge is 0.262 e. The first-order valence-electron chi connectivity index (χ1n) is 8.94. The Bertz CT molecular complexity index is 858. The number of nitrogens with zero attached hydrogens (tertiary/aromatic N) is 5. The molecule has 2 aromatic heterocycles. The van der Waals surface area contributed by atoms with Crippen LogP contribution >= 0.6 is 0 Å². The van der Waals surface area contributed by atoms with Crippen molar-refractivity contribution in [1.29, 1.82) is 0 Å². The molecule has 0 N–H and O–H groups in total.